The molecule has 1 unspecified atom stereocenters. The zero-order valence-corrected chi connectivity index (χ0v) is 17.5. The van der Waals surface area contributed by atoms with Gasteiger partial charge >= 0.3 is 0 Å². The number of Topliss-reactive ketones (excluding diaryl/α,β-unsaturated/α-hetero) is 1. The second kappa shape index (κ2) is 6.74. The lowest BCUT2D eigenvalue weighted by atomic mass is 9.82. The van der Waals surface area contributed by atoms with Crippen molar-refractivity contribution >= 4 is 17.5 Å². The van der Waals surface area contributed by atoms with Crippen LogP contribution in [0.5, 0.6) is 5.75 Å². The van der Waals surface area contributed by atoms with Gasteiger partial charge in [-0.25, -0.2) is 0 Å². The third-order valence-electron chi connectivity index (χ3n) is 5.81. The molecule has 2 aromatic heterocycles. The number of aromatic hydroxyl groups is 1. The number of hydrogen-bond donors (Lipinski definition) is 1. The second-order valence-electron chi connectivity index (χ2n) is 8.30. The highest BCUT2D eigenvalue weighted by Crippen LogP contribution is 2.44. The molecule has 0 bridgehead atoms. The van der Waals surface area contributed by atoms with E-state index >= 15 is 0 Å². The van der Waals surface area contributed by atoms with Gasteiger partial charge in [-0.1, -0.05) is 38.1 Å². The van der Waals surface area contributed by atoms with E-state index in [0.717, 1.165) is 27.5 Å². The summed E-state index contributed by atoms with van der Waals surface area (Å²) in [5.74, 6) is 0.0156. The normalized spacial score (nSPS) is 19.5. The van der Waals surface area contributed by atoms with Crippen LogP contribution in [0.3, 0.4) is 0 Å². The number of ketones is 1. The van der Waals surface area contributed by atoms with Crippen LogP contribution in [-0.4, -0.2) is 27.1 Å². The maximum absolute atomic E-state index is 13.1. The van der Waals surface area contributed by atoms with E-state index in [1.165, 1.54) is 6.07 Å². The molecule has 30 heavy (non-hydrogen) atoms. The Labute approximate surface area is 178 Å². The Balaban J connectivity index is 1.81. The summed E-state index contributed by atoms with van der Waals surface area (Å²) in [6, 6.07) is 13.3. The van der Waals surface area contributed by atoms with Gasteiger partial charge in [0.1, 0.15) is 0 Å². The van der Waals surface area contributed by atoms with Crippen molar-refractivity contribution < 1.29 is 9.90 Å². The molecule has 0 saturated heterocycles. The summed E-state index contributed by atoms with van der Waals surface area (Å²) in [4.78, 5) is 31.0. The maximum Gasteiger partial charge on any atom is 0.224 e. The SMILES string of the molecule is CC1(C)CN(C2c3ccccc3SCc3ncccc32)n2ccc(=O)c(O)c2C1=O. The van der Waals surface area contributed by atoms with Crippen LogP contribution in [-0.2, 0) is 5.75 Å². The molecule has 0 saturated carbocycles. The molecule has 0 radical (unpaired) electrons. The van der Waals surface area contributed by atoms with Gasteiger partial charge in [0.05, 0.1) is 11.7 Å². The molecule has 0 amide bonds. The van der Waals surface area contributed by atoms with Crippen LogP contribution in [0.2, 0.25) is 0 Å². The van der Waals surface area contributed by atoms with Crippen molar-refractivity contribution in [2.24, 2.45) is 5.41 Å². The van der Waals surface area contributed by atoms with E-state index < -0.39 is 16.6 Å². The molecule has 1 aromatic carbocycles. The highest BCUT2D eigenvalue weighted by molar-refractivity contribution is 7.98. The molecular weight excluding hydrogens is 398 g/mol. The van der Waals surface area contributed by atoms with Crippen LogP contribution in [0.15, 0.2) is 64.5 Å². The molecule has 2 aliphatic rings. The van der Waals surface area contributed by atoms with Gasteiger partial charge in [0.25, 0.3) is 0 Å². The molecule has 0 fully saturated rings. The lowest BCUT2D eigenvalue weighted by Crippen LogP contribution is -2.54. The molecule has 1 atom stereocenters. The van der Waals surface area contributed by atoms with Gasteiger partial charge < -0.3 is 5.11 Å². The fourth-order valence-electron chi connectivity index (χ4n) is 4.32. The van der Waals surface area contributed by atoms with Crippen LogP contribution in [0.4, 0.5) is 0 Å². The molecule has 4 heterocycles. The molecule has 3 aromatic rings. The summed E-state index contributed by atoms with van der Waals surface area (Å²) in [5, 5.41) is 12.6. The number of thioether (sulfide) groups is 1. The van der Waals surface area contributed by atoms with E-state index in [1.807, 2.05) is 32.0 Å². The second-order valence-corrected chi connectivity index (χ2v) is 9.32. The molecule has 2 aliphatic heterocycles. The van der Waals surface area contributed by atoms with Crippen LogP contribution in [0.1, 0.15) is 47.2 Å². The van der Waals surface area contributed by atoms with E-state index in [0.29, 0.717) is 6.54 Å². The smallest absolute Gasteiger partial charge is 0.224 e. The molecule has 6 nitrogen and oxygen atoms in total. The Morgan fingerprint density at radius 2 is 1.87 bits per heavy atom. The van der Waals surface area contributed by atoms with E-state index in [2.05, 4.69) is 28.2 Å². The summed E-state index contributed by atoms with van der Waals surface area (Å²) in [5.41, 5.74) is 1.88. The summed E-state index contributed by atoms with van der Waals surface area (Å²) < 4.78 is 1.65. The van der Waals surface area contributed by atoms with Crippen LogP contribution < -0.4 is 10.4 Å². The predicted octanol–water partition coefficient (Wildman–Crippen LogP) is 3.50. The van der Waals surface area contributed by atoms with Crippen molar-refractivity contribution in [1.29, 1.82) is 0 Å². The zero-order chi connectivity index (χ0) is 21.0. The van der Waals surface area contributed by atoms with E-state index in [1.54, 1.807) is 28.8 Å². The molecule has 1 N–H and O–H groups in total. The van der Waals surface area contributed by atoms with Crippen LogP contribution >= 0.6 is 11.8 Å². The Morgan fingerprint density at radius 1 is 1.10 bits per heavy atom. The molecule has 0 spiro atoms. The van der Waals surface area contributed by atoms with Crippen LogP contribution in [0.25, 0.3) is 0 Å². The number of hydrogen-bond acceptors (Lipinski definition) is 6. The van der Waals surface area contributed by atoms with Crippen molar-refractivity contribution in [2.45, 2.75) is 30.5 Å². The standard InChI is InChI=1S/C23H21N3O3S/c1-23(2)13-26(25-11-9-17(27)21(28)20(25)22(23)29)19-14-7-5-10-24-16(14)12-30-18-8-4-3-6-15(18)19/h3-11,19,28H,12-13H2,1-2H3. The average molecular weight is 420 g/mol. The Bertz CT molecular complexity index is 1190. The predicted molar refractivity (Wildman–Crippen MR) is 116 cm³/mol. The third kappa shape index (κ3) is 2.76. The number of carbonyl (C=O) groups excluding carboxylic acids is 1. The van der Waals surface area contributed by atoms with Gasteiger partial charge in [-0.05, 0) is 17.7 Å². The Hall–Kier alpha value is -3.06. The molecular formula is C23H21N3O3S. The summed E-state index contributed by atoms with van der Waals surface area (Å²) in [6.45, 7) is 4.13. The summed E-state index contributed by atoms with van der Waals surface area (Å²) in [7, 11) is 0. The van der Waals surface area contributed by atoms with E-state index in [9.17, 15) is 14.7 Å². The minimum absolute atomic E-state index is 0.0403. The van der Waals surface area contributed by atoms with Gasteiger partial charge in [-0.3, -0.25) is 24.3 Å². The number of nitrogens with zero attached hydrogens (tertiary/aromatic N) is 3. The first-order valence-electron chi connectivity index (χ1n) is 9.80. The minimum atomic E-state index is -0.776. The molecule has 7 heteroatoms. The van der Waals surface area contributed by atoms with Crippen molar-refractivity contribution in [3.8, 4) is 5.75 Å². The number of pyridine rings is 2. The van der Waals surface area contributed by atoms with Crippen molar-refractivity contribution in [1.82, 2.24) is 9.66 Å². The van der Waals surface area contributed by atoms with E-state index in [4.69, 9.17) is 0 Å². The summed E-state index contributed by atoms with van der Waals surface area (Å²) in [6.07, 6.45) is 3.38. The fraction of sp³-hybridized carbons (Fsp3) is 0.261. The molecule has 5 rings (SSSR count). The van der Waals surface area contributed by atoms with Gasteiger partial charge in [-0.2, -0.15) is 0 Å². The quantitative estimate of drug-likeness (QED) is 0.651. The van der Waals surface area contributed by atoms with Crippen molar-refractivity contribution in [2.75, 3.05) is 11.6 Å². The molecule has 0 aliphatic carbocycles. The van der Waals surface area contributed by atoms with Crippen molar-refractivity contribution in [3.05, 3.63) is 87.6 Å². The number of rotatable bonds is 1. The Kier molecular flexibility index (Phi) is 4.25. The topological polar surface area (TPSA) is 75.4 Å². The first kappa shape index (κ1) is 18.9. The highest BCUT2D eigenvalue weighted by Gasteiger charge is 2.44. The lowest BCUT2D eigenvalue weighted by molar-refractivity contribution is 0.0786. The third-order valence-corrected chi connectivity index (χ3v) is 6.91. The maximum atomic E-state index is 13.1. The van der Waals surface area contributed by atoms with Gasteiger partial charge in [-0.15, -0.1) is 11.8 Å². The first-order chi connectivity index (χ1) is 14.4. The Morgan fingerprint density at radius 3 is 2.70 bits per heavy atom. The number of carbonyl (C=O) groups is 1. The highest BCUT2D eigenvalue weighted by atomic mass is 32.2. The average Bonchev–Trinajstić information content (AvgIpc) is 2.90. The largest absolute Gasteiger partial charge is 0.503 e. The van der Waals surface area contributed by atoms with E-state index in [-0.39, 0.29) is 17.5 Å². The van der Waals surface area contributed by atoms with Gasteiger partial charge in [0.15, 0.2) is 17.2 Å². The van der Waals surface area contributed by atoms with Gasteiger partial charge in [0.2, 0.25) is 5.43 Å². The molecule has 152 valence electrons. The lowest BCUT2D eigenvalue weighted by Gasteiger charge is -2.45. The number of fused-ring (bicyclic) bond motifs is 3. The van der Waals surface area contributed by atoms with Gasteiger partial charge in [0, 0.05) is 46.6 Å². The zero-order valence-electron chi connectivity index (χ0n) is 16.7. The minimum Gasteiger partial charge on any atom is -0.503 e. The summed E-state index contributed by atoms with van der Waals surface area (Å²) >= 11 is 1.74. The first-order valence-corrected chi connectivity index (χ1v) is 10.8. The fourth-order valence-corrected chi connectivity index (χ4v) is 5.38. The monoisotopic (exact) mass is 419 g/mol. The van der Waals surface area contributed by atoms with Crippen LogP contribution in [0, 0.1) is 5.41 Å². The van der Waals surface area contributed by atoms with Crippen molar-refractivity contribution in [3.63, 3.8) is 0 Å². The number of aromatic nitrogens is 2. The number of benzene rings is 1.